The Morgan fingerprint density at radius 2 is 2.05 bits per heavy atom. The summed E-state index contributed by atoms with van der Waals surface area (Å²) in [4.78, 5) is 1.42. The average molecular weight is 331 g/mol. The van der Waals surface area contributed by atoms with Crippen LogP contribution in [0.15, 0.2) is 10.3 Å². The molecule has 1 aromatic heterocycles. The largest absolute Gasteiger partial charge is 0.315 e. The molecule has 1 fully saturated rings. The number of sulfonamides is 1. The van der Waals surface area contributed by atoms with E-state index in [2.05, 4.69) is 12.2 Å². The molecule has 0 radical (unpaired) electrons. The van der Waals surface area contributed by atoms with E-state index in [1.54, 1.807) is 11.4 Å². The Morgan fingerprint density at radius 1 is 1.38 bits per heavy atom. The summed E-state index contributed by atoms with van der Waals surface area (Å²) >= 11 is 1.52. The minimum Gasteiger partial charge on any atom is -0.315 e. The first-order valence-electron chi connectivity index (χ1n) is 7.59. The van der Waals surface area contributed by atoms with Gasteiger partial charge in [0.05, 0.1) is 0 Å². The molecule has 2 unspecified atom stereocenters. The van der Waals surface area contributed by atoms with Crippen LogP contribution in [0.1, 0.15) is 43.0 Å². The number of hydrogen-bond acceptors (Lipinski definition) is 4. The van der Waals surface area contributed by atoms with Gasteiger partial charge >= 0.3 is 0 Å². The van der Waals surface area contributed by atoms with Crippen molar-refractivity contribution in [3.05, 3.63) is 15.8 Å². The third-order valence-electron chi connectivity index (χ3n) is 4.50. The standard InChI is InChI=1S/C15H26N2O2S2/c1-11-7-5-6-8-13(11)17(4)21(18,19)15-12(2)10-20-14(15)9-16-3/h10-11,13,16H,5-9H2,1-4H3. The fraction of sp³-hybridized carbons (Fsp3) is 0.733. The highest BCUT2D eigenvalue weighted by Crippen LogP contribution is 2.34. The van der Waals surface area contributed by atoms with Gasteiger partial charge in [-0.05, 0) is 43.7 Å². The summed E-state index contributed by atoms with van der Waals surface area (Å²) in [5.74, 6) is 0.435. The Bertz CT molecular complexity index is 580. The molecule has 1 aliphatic carbocycles. The summed E-state index contributed by atoms with van der Waals surface area (Å²) in [5.41, 5.74) is 0.862. The third-order valence-corrected chi connectivity index (χ3v) is 7.84. The summed E-state index contributed by atoms with van der Waals surface area (Å²) in [6.07, 6.45) is 4.44. The van der Waals surface area contributed by atoms with Gasteiger partial charge < -0.3 is 5.32 Å². The van der Waals surface area contributed by atoms with Crippen LogP contribution in [0.3, 0.4) is 0 Å². The Kier molecular flexibility index (Phi) is 5.46. The summed E-state index contributed by atoms with van der Waals surface area (Å²) in [7, 11) is 0.190. The molecule has 0 saturated heterocycles. The number of hydrogen-bond donors (Lipinski definition) is 1. The van der Waals surface area contributed by atoms with Gasteiger partial charge in [-0.1, -0.05) is 19.8 Å². The van der Waals surface area contributed by atoms with E-state index in [1.807, 2.05) is 19.4 Å². The second kappa shape index (κ2) is 6.77. The van der Waals surface area contributed by atoms with Gasteiger partial charge in [0.25, 0.3) is 0 Å². The molecule has 21 heavy (non-hydrogen) atoms. The van der Waals surface area contributed by atoms with Crippen molar-refractivity contribution in [3.8, 4) is 0 Å². The van der Waals surface area contributed by atoms with E-state index in [0.29, 0.717) is 17.4 Å². The molecule has 1 saturated carbocycles. The highest BCUT2D eigenvalue weighted by atomic mass is 32.2. The van der Waals surface area contributed by atoms with Crippen molar-refractivity contribution in [2.24, 2.45) is 5.92 Å². The van der Waals surface area contributed by atoms with E-state index in [9.17, 15) is 8.42 Å². The quantitative estimate of drug-likeness (QED) is 0.903. The lowest BCUT2D eigenvalue weighted by atomic mass is 9.86. The van der Waals surface area contributed by atoms with Crippen molar-refractivity contribution in [3.63, 3.8) is 0 Å². The first-order valence-corrected chi connectivity index (χ1v) is 9.91. The topological polar surface area (TPSA) is 49.4 Å². The first-order chi connectivity index (χ1) is 9.89. The minimum atomic E-state index is -3.41. The van der Waals surface area contributed by atoms with E-state index in [1.165, 1.54) is 17.8 Å². The van der Waals surface area contributed by atoms with Gasteiger partial charge in [0.2, 0.25) is 10.0 Å². The van der Waals surface area contributed by atoms with Crippen molar-refractivity contribution < 1.29 is 8.42 Å². The van der Waals surface area contributed by atoms with Gasteiger partial charge in [-0.25, -0.2) is 8.42 Å². The van der Waals surface area contributed by atoms with Crippen molar-refractivity contribution in [1.29, 1.82) is 0 Å². The van der Waals surface area contributed by atoms with Gasteiger partial charge in [0.15, 0.2) is 0 Å². The predicted molar refractivity (Wildman–Crippen MR) is 88.2 cm³/mol. The molecule has 120 valence electrons. The van der Waals surface area contributed by atoms with Crippen LogP contribution in [0.4, 0.5) is 0 Å². The maximum Gasteiger partial charge on any atom is 0.244 e. The maximum absolute atomic E-state index is 13.1. The van der Waals surface area contributed by atoms with Gasteiger partial charge in [0, 0.05) is 24.5 Å². The summed E-state index contributed by atoms with van der Waals surface area (Å²) in [6.45, 7) is 4.66. The van der Waals surface area contributed by atoms with Crippen molar-refractivity contribution >= 4 is 21.4 Å². The van der Waals surface area contributed by atoms with E-state index < -0.39 is 10.0 Å². The smallest absolute Gasteiger partial charge is 0.244 e. The second-order valence-electron chi connectivity index (χ2n) is 6.05. The zero-order valence-electron chi connectivity index (χ0n) is 13.3. The molecule has 2 atom stereocenters. The lowest BCUT2D eigenvalue weighted by Crippen LogP contribution is -2.42. The molecular formula is C15H26N2O2S2. The lowest BCUT2D eigenvalue weighted by molar-refractivity contribution is 0.213. The van der Waals surface area contributed by atoms with Crippen molar-refractivity contribution in [2.75, 3.05) is 14.1 Å². The molecule has 0 spiro atoms. The molecule has 1 aromatic rings. The molecule has 6 heteroatoms. The molecular weight excluding hydrogens is 304 g/mol. The van der Waals surface area contributed by atoms with Crippen LogP contribution in [0.25, 0.3) is 0 Å². The van der Waals surface area contributed by atoms with Crippen LogP contribution >= 0.6 is 11.3 Å². The summed E-state index contributed by atoms with van der Waals surface area (Å²) in [6, 6.07) is 0.130. The van der Waals surface area contributed by atoms with Crippen LogP contribution in [0.5, 0.6) is 0 Å². The number of aryl methyl sites for hydroxylation is 1. The molecule has 2 rings (SSSR count). The summed E-state index contributed by atoms with van der Waals surface area (Å²) < 4.78 is 27.7. The SMILES string of the molecule is CNCc1scc(C)c1S(=O)(=O)N(C)C1CCCCC1C. The van der Waals surface area contributed by atoms with Gasteiger partial charge in [-0.15, -0.1) is 11.3 Å². The van der Waals surface area contributed by atoms with Crippen LogP contribution in [0.2, 0.25) is 0 Å². The maximum atomic E-state index is 13.1. The van der Waals surface area contributed by atoms with Crippen LogP contribution in [0, 0.1) is 12.8 Å². The number of thiophene rings is 1. The Balaban J connectivity index is 2.35. The Labute approximate surface area is 132 Å². The molecule has 0 amide bonds. The summed E-state index contributed by atoms with van der Waals surface area (Å²) in [5, 5.41) is 5.01. The Hall–Kier alpha value is -0.430. The third kappa shape index (κ3) is 3.33. The van der Waals surface area contributed by atoms with E-state index in [-0.39, 0.29) is 6.04 Å². The zero-order chi connectivity index (χ0) is 15.6. The van der Waals surface area contributed by atoms with Crippen molar-refractivity contribution in [1.82, 2.24) is 9.62 Å². The normalized spacial score (nSPS) is 23.7. The highest BCUT2D eigenvalue weighted by Gasteiger charge is 2.35. The molecule has 0 aromatic carbocycles. The molecule has 1 heterocycles. The number of rotatable bonds is 5. The highest BCUT2D eigenvalue weighted by molar-refractivity contribution is 7.89. The predicted octanol–water partition coefficient (Wildman–Crippen LogP) is 2.98. The molecule has 4 nitrogen and oxygen atoms in total. The molecule has 0 aliphatic heterocycles. The monoisotopic (exact) mass is 330 g/mol. The fourth-order valence-corrected chi connectivity index (χ4v) is 6.53. The molecule has 1 N–H and O–H groups in total. The molecule has 0 bridgehead atoms. The van der Waals surface area contributed by atoms with Gasteiger partial charge in [0.1, 0.15) is 4.90 Å². The number of nitrogens with zero attached hydrogens (tertiary/aromatic N) is 1. The van der Waals surface area contributed by atoms with Crippen LogP contribution in [-0.4, -0.2) is 32.9 Å². The minimum absolute atomic E-state index is 0.130. The Morgan fingerprint density at radius 3 is 2.67 bits per heavy atom. The average Bonchev–Trinajstić information content (AvgIpc) is 2.80. The number of nitrogens with one attached hydrogen (secondary N) is 1. The van der Waals surface area contributed by atoms with Crippen molar-refractivity contribution in [2.45, 2.75) is 57.0 Å². The zero-order valence-corrected chi connectivity index (χ0v) is 15.0. The van der Waals surface area contributed by atoms with Crippen LogP contribution in [-0.2, 0) is 16.6 Å². The fourth-order valence-electron chi connectivity index (χ4n) is 3.28. The second-order valence-corrected chi connectivity index (χ2v) is 8.95. The van der Waals surface area contributed by atoms with E-state index in [4.69, 9.17) is 0 Å². The first kappa shape index (κ1) is 16.9. The van der Waals surface area contributed by atoms with Gasteiger partial charge in [-0.2, -0.15) is 4.31 Å². The molecule has 1 aliphatic rings. The lowest BCUT2D eigenvalue weighted by Gasteiger charge is -2.35. The van der Waals surface area contributed by atoms with E-state index in [0.717, 1.165) is 29.7 Å². The van der Waals surface area contributed by atoms with Crippen LogP contribution < -0.4 is 5.32 Å². The van der Waals surface area contributed by atoms with Gasteiger partial charge in [-0.3, -0.25) is 0 Å². The van der Waals surface area contributed by atoms with E-state index >= 15 is 0 Å².